The SMILES string of the molecule is COCCn1c(C)cc(/C=C2/C(=O)N(c3ccc(C)c(C)c3)C(=S)N2C)c1C. The predicted octanol–water partition coefficient (Wildman–Crippen LogP) is 3.97. The summed E-state index contributed by atoms with van der Waals surface area (Å²) < 4.78 is 7.41. The first-order chi connectivity index (χ1) is 13.3. The number of anilines is 1. The molecule has 148 valence electrons. The molecule has 6 heteroatoms. The third kappa shape index (κ3) is 3.50. The summed E-state index contributed by atoms with van der Waals surface area (Å²) in [5.74, 6) is -0.0996. The fourth-order valence-electron chi connectivity index (χ4n) is 3.50. The molecule has 1 aliphatic rings. The number of hydrogen-bond donors (Lipinski definition) is 0. The number of rotatable bonds is 5. The van der Waals surface area contributed by atoms with Crippen LogP contribution < -0.4 is 4.90 Å². The van der Waals surface area contributed by atoms with E-state index in [2.05, 4.69) is 31.4 Å². The Kier molecular flexibility index (Phi) is 5.72. The van der Waals surface area contributed by atoms with E-state index in [9.17, 15) is 4.79 Å². The third-order valence-corrected chi connectivity index (χ3v) is 5.89. The molecule has 28 heavy (non-hydrogen) atoms. The zero-order valence-electron chi connectivity index (χ0n) is 17.4. The van der Waals surface area contributed by atoms with Gasteiger partial charge in [0.05, 0.1) is 12.3 Å². The van der Waals surface area contributed by atoms with E-state index < -0.39 is 0 Å². The molecule has 1 fully saturated rings. The lowest BCUT2D eigenvalue weighted by atomic mass is 10.1. The Hall–Kier alpha value is -2.44. The first-order valence-corrected chi connectivity index (χ1v) is 9.73. The lowest BCUT2D eigenvalue weighted by Crippen LogP contribution is -2.31. The molecule has 0 N–H and O–H groups in total. The Bertz CT molecular complexity index is 974. The second kappa shape index (κ2) is 7.89. The summed E-state index contributed by atoms with van der Waals surface area (Å²) in [6.45, 7) is 9.66. The number of ether oxygens (including phenoxy) is 1. The molecule has 2 heterocycles. The molecule has 0 saturated carbocycles. The first-order valence-electron chi connectivity index (χ1n) is 9.33. The summed E-state index contributed by atoms with van der Waals surface area (Å²) >= 11 is 5.58. The minimum atomic E-state index is -0.0996. The smallest absolute Gasteiger partial charge is 0.281 e. The van der Waals surface area contributed by atoms with E-state index in [0.29, 0.717) is 17.4 Å². The van der Waals surface area contributed by atoms with Gasteiger partial charge in [-0.15, -0.1) is 0 Å². The summed E-state index contributed by atoms with van der Waals surface area (Å²) in [4.78, 5) is 16.6. The van der Waals surface area contributed by atoms with Crippen LogP contribution in [0.5, 0.6) is 0 Å². The lowest BCUT2D eigenvalue weighted by molar-refractivity contribution is -0.114. The van der Waals surface area contributed by atoms with Gasteiger partial charge in [0.2, 0.25) is 0 Å². The van der Waals surface area contributed by atoms with Gasteiger partial charge in [-0.05, 0) is 80.9 Å². The van der Waals surface area contributed by atoms with E-state index >= 15 is 0 Å². The van der Waals surface area contributed by atoms with Gasteiger partial charge in [-0.25, -0.2) is 0 Å². The summed E-state index contributed by atoms with van der Waals surface area (Å²) in [5.41, 5.74) is 6.98. The molecule has 1 amide bonds. The van der Waals surface area contributed by atoms with E-state index in [1.807, 2.05) is 38.2 Å². The minimum absolute atomic E-state index is 0.0996. The Balaban J connectivity index is 1.98. The van der Waals surface area contributed by atoms with Gasteiger partial charge >= 0.3 is 0 Å². The van der Waals surface area contributed by atoms with Crippen LogP contribution in [0.3, 0.4) is 0 Å². The molecule has 1 aliphatic heterocycles. The van der Waals surface area contributed by atoms with Crippen LogP contribution in [0.2, 0.25) is 0 Å². The fraction of sp³-hybridized carbons (Fsp3) is 0.364. The van der Waals surface area contributed by atoms with Crippen molar-refractivity contribution in [3.8, 4) is 0 Å². The zero-order chi connectivity index (χ0) is 20.6. The van der Waals surface area contributed by atoms with E-state index in [0.717, 1.165) is 34.7 Å². The quantitative estimate of drug-likeness (QED) is 0.565. The van der Waals surface area contributed by atoms with Crippen molar-refractivity contribution in [3.63, 3.8) is 0 Å². The highest BCUT2D eigenvalue weighted by atomic mass is 32.1. The normalized spacial score (nSPS) is 16.0. The summed E-state index contributed by atoms with van der Waals surface area (Å²) in [6.07, 6.45) is 1.93. The van der Waals surface area contributed by atoms with Gasteiger partial charge in [0.15, 0.2) is 5.11 Å². The number of carbonyl (C=O) groups is 1. The number of aryl methyl sites for hydroxylation is 3. The Labute approximate surface area is 172 Å². The molecule has 3 rings (SSSR count). The first kappa shape index (κ1) is 20.3. The second-order valence-corrected chi connectivity index (χ2v) is 7.62. The number of methoxy groups -OCH3 is 1. The molecule has 1 saturated heterocycles. The van der Waals surface area contributed by atoms with E-state index in [-0.39, 0.29) is 5.91 Å². The Morgan fingerprint density at radius 2 is 1.82 bits per heavy atom. The van der Waals surface area contributed by atoms with Crippen molar-refractivity contribution < 1.29 is 9.53 Å². The zero-order valence-corrected chi connectivity index (χ0v) is 18.2. The topological polar surface area (TPSA) is 37.7 Å². The van der Waals surface area contributed by atoms with Gasteiger partial charge in [-0.1, -0.05) is 6.07 Å². The molecule has 1 aromatic carbocycles. The molecule has 2 aromatic rings. The van der Waals surface area contributed by atoms with Gasteiger partial charge in [0.25, 0.3) is 5.91 Å². The molecule has 0 unspecified atom stereocenters. The van der Waals surface area contributed by atoms with Crippen LogP contribution in [0.15, 0.2) is 30.0 Å². The van der Waals surface area contributed by atoms with Crippen molar-refractivity contribution in [1.29, 1.82) is 0 Å². The number of aromatic nitrogens is 1. The molecule has 5 nitrogen and oxygen atoms in total. The number of likely N-dealkylation sites (N-methyl/N-ethyl adjacent to an activating group) is 1. The van der Waals surface area contributed by atoms with Gasteiger partial charge in [-0.2, -0.15) is 0 Å². The van der Waals surface area contributed by atoms with Crippen LogP contribution >= 0.6 is 12.2 Å². The molecule has 0 radical (unpaired) electrons. The summed E-state index contributed by atoms with van der Waals surface area (Å²) in [6, 6.07) is 8.07. The van der Waals surface area contributed by atoms with Crippen molar-refractivity contribution in [3.05, 3.63) is 58.0 Å². The monoisotopic (exact) mass is 397 g/mol. The highest BCUT2D eigenvalue weighted by molar-refractivity contribution is 7.80. The standard InChI is InChI=1S/C22H27N3O2S/c1-14-7-8-19(11-15(14)2)25-21(26)20(23(5)22(25)28)13-18-12-16(3)24(17(18)4)9-10-27-6/h7-8,11-13H,9-10H2,1-6H3/b20-13-. The molecule has 1 aromatic heterocycles. The van der Waals surface area contributed by atoms with Gasteiger partial charge in [0, 0.05) is 32.1 Å². The highest BCUT2D eigenvalue weighted by Crippen LogP contribution is 2.30. The number of hydrogen-bond acceptors (Lipinski definition) is 3. The fourth-order valence-corrected chi connectivity index (χ4v) is 3.78. The molecular weight excluding hydrogens is 370 g/mol. The van der Waals surface area contributed by atoms with Crippen LogP contribution in [0.25, 0.3) is 6.08 Å². The average Bonchev–Trinajstić information content (AvgIpc) is 3.04. The number of benzene rings is 1. The number of carbonyl (C=O) groups excluding carboxylic acids is 1. The second-order valence-electron chi connectivity index (χ2n) is 7.25. The van der Waals surface area contributed by atoms with Crippen molar-refractivity contribution in [2.75, 3.05) is 25.7 Å². The van der Waals surface area contributed by atoms with E-state index in [1.54, 1.807) is 16.9 Å². The van der Waals surface area contributed by atoms with Crippen LogP contribution in [-0.2, 0) is 16.1 Å². The van der Waals surface area contributed by atoms with Crippen LogP contribution in [0, 0.1) is 27.7 Å². The third-order valence-electron chi connectivity index (χ3n) is 5.43. The number of nitrogens with zero attached hydrogens (tertiary/aromatic N) is 3. The van der Waals surface area contributed by atoms with Crippen molar-refractivity contribution in [2.24, 2.45) is 0 Å². The predicted molar refractivity (Wildman–Crippen MR) is 118 cm³/mol. The number of amides is 1. The van der Waals surface area contributed by atoms with Crippen LogP contribution in [0.1, 0.15) is 28.1 Å². The van der Waals surface area contributed by atoms with Gasteiger partial charge in [-0.3, -0.25) is 9.69 Å². The minimum Gasteiger partial charge on any atom is -0.383 e. The maximum Gasteiger partial charge on any atom is 0.281 e. The van der Waals surface area contributed by atoms with Crippen molar-refractivity contribution in [1.82, 2.24) is 9.47 Å². The largest absolute Gasteiger partial charge is 0.383 e. The van der Waals surface area contributed by atoms with Crippen LogP contribution in [0.4, 0.5) is 5.69 Å². The van der Waals surface area contributed by atoms with Gasteiger partial charge in [0.1, 0.15) is 5.70 Å². The molecule has 0 spiro atoms. The van der Waals surface area contributed by atoms with Crippen molar-refractivity contribution in [2.45, 2.75) is 34.2 Å². The van der Waals surface area contributed by atoms with E-state index in [4.69, 9.17) is 17.0 Å². The van der Waals surface area contributed by atoms with Gasteiger partial charge < -0.3 is 14.2 Å². The highest BCUT2D eigenvalue weighted by Gasteiger charge is 2.37. The summed E-state index contributed by atoms with van der Waals surface area (Å²) in [5, 5.41) is 0.493. The maximum atomic E-state index is 13.2. The Morgan fingerprint density at radius 1 is 1.11 bits per heavy atom. The Morgan fingerprint density at radius 3 is 2.46 bits per heavy atom. The van der Waals surface area contributed by atoms with Crippen molar-refractivity contribution >= 4 is 35.0 Å². The lowest BCUT2D eigenvalue weighted by Gasteiger charge is -2.17. The van der Waals surface area contributed by atoms with E-state index in [1.165, 1.54) is 5.56 Å². The maximum absolute atomic E-state index is 13.2. The molecule has 0 atom stereocenters. The average molecular weight is 398 g/mol. The molecule has 0 aliphatic carbocycles. The number of thiocarbonyl (C=S) groups is 1. The molecular formula is C22H27N3O2S. The summed E-state index contributed by atoms with van der Waals surface area (Å²) in [7, 11) is 3.54. The molecule has 0 bridgehead atoms. The van der Waals surface area contributed by atoms with Crippen LogP contribution in [-0.4, -0.2) is 41.3 Å².